The molecule has 150 valence electrons. The Kier molecular flexibility index (Phi) is 4.76. The summed E-state index contributed by atoms with van der Waals surface area (Å²) >= 11 is 0. The predicted molar refractivity (Wildman–Crippen MR) is 94.7 cm³/mol. The Morgan fingerprint density at radius 2 is 1.31 bits per heavy atom. The Labute approximate surface area is 162 Å². The molecule has 0 saturated carbocycles. The quantitative estimate of drug-likeness (QED) is 0.352. The monoisotopic (exact) mass is 408 g/mol. The first-order valence-electron chi connectivity index (χ1n) is 8.88. The molecule has 0 N–H and O–H groups in total. The zero-order valence-corrected chi connectivity index (χ0v) is 14.9. The van der Waals surface area contributed by atoms with Crippen molar-refractivity contribution in [3.05, 3.63) is 88.5 Å². The maximum atomic E-state index is 14.5. The van der Waals surface area contributed by atoms with Crippen molar-refractivity contribution < 1.29 is 31.1 Å². The van der Waals surface area contributed by atoms with Crippen LogP contribution in [0.4, 0.5) is 26.3 Å². The zero-order chi connectivity index (χ0) is 20.8. The summed E-state index contributed by atoms with van der Waals surface area (Å²) in [6.07, 6.45) is -1.28. The number of hydrogen-bond donors (Lipinski definition) is 0. The maximum absolute atomic E-state index is 14.5. The summed E-state index contributed by atoms with van der Waals surface area (Å²) < 4.78 is 86.9. The molecule has 4 rings (SSSR count). The van der Waals surface area contributed by atoms with E-state index in [4.69, 9.17) is 0 Å². The second-order valence-corrected chi connectivity index (χ2v) is 6.85. The van der Waals surface area contributed by atoms with Crippen molar-refractivity contribution in [2.75, 3.05) is 0 Å². The third-order valence-electron chi connectivity index (χ3n) is 4.92. The zero-order valence-electron chi connectivity index (χ0n) is 14.9. The lowest BCUT2D eigenvalue weighted by atomic mass is 9.99. The van der Waals surface area contributed by atoms with E-state index in [0.717, 1.165) is 37.0 Å². The van der Waals surface area contributed by atoms with Gasteiger partial charge < -0.3 is 4.74 Å². The molecule has 0 heterocycles. The van der Waals surface area contributed by atoms with Crippen LogP contribution in [0.1, 0.15) is 23.1 Å². The summed E-state index contributed by atoms with van der Waals surface area (Å²) in [4.78, 5) is 0. The fraction of sp³-hybridized carbons (Fsp3) is 0.182. The summed E-state index contributed by atoms with van der Waals surface area (Å²) in [6.45, 7) is 0. The molecule has 7 heteroatoms. The smallest absolute Gasteiger partial charge is 0.429 e. The van der Waals surface area contributed by atoms with Crippen molar-refractivity contribution in [3.63, 3.8) is 0 Å². The van der Waals surface area contributed by atoms with Crippen LogP contribution < -0.4 is 4.74 Å². The highest BCUT2D eigenvalue weighted by Crippen LogP contribution is 2.36. The lowest BCUT2D eigenvalue weighted by Crippen LogP contribution is -2.23. The molecule has 0 amide bonds. The van der Waals surface area contributed by atoms with Crippen molar-refractivity contribution in [1.29, 1.82) is 0 Å². The van der Waals surface area contributed by atoms with Crippen molar-refractivity contribution >= 4 is 0 Å². The molecule has 0 spiro atoms. The van der Waals surface area contributed by atoms with Crippen LogP contribution in [0, 0.1) is 23.3 Å². The number of halogens is 6. The average Bonchev–Trinajstić information content (AvgIpc) is 3.13. The van der Waals surface area contributed by atoms with E-state index in [1.54, 1.807) is 6.07 Å². The van der Waals surface area contributed by atoms with Gasteiger partial charge in [-0.15, -0.1) is 0 Å². The number of hydrogen-bond acceptors (Lipinski definition) is 1. The predicted octanol–water partition coefficient (Wildman–Crippen LogP) is 6.53. The molecule has 3 aromatic carbocycles. The van der Waals surface area contributed by atoms with Crippen molar-refractivity contribution in [2.45, 2.75) is 25.4 Å². The van der Waals surface area contributed by atoms with E-state index < -0.39 is 40.7 Å². The molecule has 29 heavy (non-hydrogen) atoms. The third kappa shape index (κ3) is 3.69. The number of alkyl halides is 2. The van der Waals surface area contributed by atoms with Crippen LogP contribution in [0.2, 0.25) is 0 Å². The fourth-order valence-corrected chi connectivity index (χ4v) is 3.48. The molecule has 0 fully saturated rings. The summed E-state index contributed by atoms with van der Waals surface area (Å²) in [6, 6.07) is 9.32. The summed E-state index contributed by atoms with van der Waals surface area (Å²) in [5.41, 5.74) is 2.39. The number of aryl methyl sites for hydroxylation is 2. The van der Waals surface area contributed by atoms with Gasteiger partial charge in [-0.1, -0.05) is 24.3 Å². The van der Waals surface area contributed by atoms with Crippen molar-refractivity contribution in [2.24, 2.45) is 0 Å². The van der Waals surface area contributed by atoms with Crippen LogP contribution in [0.25, 0.3) is 11.1 Å². The highest BCUT2D eigenvalue weighted by molar-refractivity contribution is 5.66. The van der Waals surface area contributed by atoms with E-state index >= 15 is 0 Å². The Balaban J connectivity index is 1.63. The van der Waals surface area contributed by atoms with E-state index in [1.807, 2.05) is 12.1 Å². The van der Waals surface area contributed by atoms with Gasteiger partial charge in [0.1, 0.15) is 11.6 Å². The minimum Gasteiger partial charge on any atom is -0.429 e. The molecule has 1 nitrogen and oxygen atoms in total. The van der Waals surface area contributed by atoms with Gasteiger partial charge in [-0.3, -0.25) is 0 Å². The van der Waals surface area contributed by atoms with Crippen LogP contribution in [-0.2, 0) is 19.0 Å². The third-order valence-corrected chi connectivity index (χ3v) is 4.92. The Hall–Kier alpha value is -2.96. The van der Waals surface area contributed by atoms with Gasteiger partial charge in [0, 0.05) is 12.1 Å². The SMILES string of the molecule is Fc1cc(-c2ccc3c(c2)CCC3)ccc1C(F)(F)Oc1cc(F)c(F)c(F)c1. The molecule has 0 saturated heterocycles. The van der Waals surface area contributed by atoms with Gasteiger partial charge in [-0.05, 0) is 53.6 Å². The number of fused-ring (bicyclic) bond motifs is 1. The van der Waals surface area contributed by atoms with Crippen LogP contribution in [-0.4, -0.2) is 0 Å². The first kappa shape index (κ1) is 19.4. The Morgan fingerprint density at radius 1 is 0.690 bits per heavy atom. The van der Waals surface area contributed by atoms with E-state index in [2.05, 4.69) is 4.74 Å². The van der Waals surface area contributed by atoms with E-state index in [0.29, 0.717) is 11.1 Å². The summed E-state index contributed by atoms with van der Waals surface area (Å²) in [7, 11) is 0. The van der Waals surface area contributed by atoms with Crippen molar-refractivity contribution in [3.8, 4) is 16.9 Å². The van der Waals surface area contributed by atoms with Gasteiger partial charge in [0.25, 0.3) is 0 Å². The van der Waals surface area contributed by atoms with Gasteiger partial charge in [-0.2, -0.15) is 8.78 Å². The molecule has 0 aromatic heterocycles. The van der Waals surface area contributed by atoms with Gasteiger partial charge in [0.15, 0.2) is 17.5 Å². The largest absolute Gasteiger partial charge is 0.429 e. The van der Waals surface area contributed by atoms with Gasteiger partial charge in [0.2, 0.25) is 0 Å². The molecule has 3 aromatic rings. The first-order chi connectivity index (χ1) is 13.7. The van der Waals surface area contributed by atoms with Crippen LogP contribution >= 0.6 is 0 Å². The number of rotatable bonds is 4. The minimum absolute atomic E-state index is 0.267. The van der Waals surface area contributed by atoms with Crippen LogP contribution in [0.15, 0.2) is 48.5 Å². The number of benzene rings is 3. The summed E-state index contributed by atoms with van der Waals surface area (Å²) in [5, 5.41) is 0. The lowest BCUT2D eigenvalue weighted by molar-refractivity contribution is -0.187. The van der Waals surface area contributed by atoms with Crippen molar-refractivity contribution in [1.82, 2.24) is 0 Å². The molecule has 0 atom stereocenters. The molecule has 0 bridgehead atoms. The standard InChI is InChI=1S/C22H14F6O/c23-18-9-15(14-5-4-12-2-1-3-13(12)8-14)6-7-17(18)22(27,28)29-16-10-19(24)21(26)20(25)11-16/h4-11H,1-3H2. The van der Waals surface area contributed by atoms with Gasteiger partial charge in [0.05, 0.1) is 5.56 Å². The highest BCUT2D eigenvalue weighted by atomic mass is 19.3. The minimum atomic E-state index is -4.22. The maximum Gasteiger partial charge on any atom is 0.429 e. The van der Waals surface area contributed by atoms with Crippen LogP contribution in [0.3, 0.4) is 0 Å². The molecule has 1 aliphatic rings. The first-order valence-corrected chi connectivity index (χ1v) is 8.88. The van der Waals surface area contributed by atoms with E-state index in [9.17, 15) is 26.3 Å². The number of ether oxygens (including phenoxy) is 1. The summed E-state index contributed by atoms with van der Waals surface area (Å²) in [5.74, 6) is -7.40. The topological polar surface area (TPSA) is 9.23 Å². The lowest BCUT2D eigenvalue weighted by Gasteiger charge is -2.19. The van der Waals surface area contributed by atoms with E-state index in [-0.39, 0.29) is 12.1 Å². The van der Waals surface area contributed by atoms with E-state index in [1.165, 1.54) is 11.6 Å². The van der Waals surface area contributed by atoms with Gasteiger partial charge in [-0.25, -0.2) is 17.6 Å². The molecular formula is C22H14F6O. The average molecular weight is 408 g/mol. The second kappa shape index (κ2) is 7.13. The molecule has 0 radical (unpaired) electrons. The van der Waals surface area contributed by atoms with Crippen LogP contribution in [0.5, 0.6) is 5.75 Å². The molecule has 0 aliphatic heterocycles. The Morgan fingerprint density at radius 3 is 2.00 bits per heavy atom. The van der Waals surface area contributed by atoms with Gasteiger partial charge >= 0.3 is 6.11 Å². The molecule has 0 unspecified atom stereocenters. The highest BCUT2D eigenvalue weighted by Gasteiger charge is 2.38. The normalized spacial score (nSPS) is 13.4. The second-order valence-electron chi connectivity index (χ2n) is 6.85. The Bertz CT molecular complexity index is 1070. The molecule has 1 aliphatic carbocycles. The fourth-order valence-electron chi connectivity index (χ4n) is 3.48. The molecular weight excluding hydrogens is 394 g/mol.